The number of nitrogens with two attached hydrogens (primary N) is 1. The summed E-state index contributed by atoms with van der Waals surface area (Å²) in [6.45, 7) is 27.9. The number of carbonyl (C=O) groups is 6. The van der Waals surface area contributed by atoms with Gasteiger partial charge in [0.05, 0.1) is 42.2 Å². The van der Waals surface area contributed by atoms with Crippen LogP contribution in [0.3, 0.4) is 0 Å². The highest BCUT2D eigenvalue weighted by Crippen LogP contribution is 2.40. The van der Waals surface area contributed by atoms with Gasteiger partial charge in [0, 0.05) is 183 Å². The van der Waals surface area contributed by atoms with Crippen LogP contribution in [0.5, 0.6) is 0 Å². The number of urea groups is 1. The van der Waals surface area contributed by atoms with Gasteiger partial charge in [-0.05, 0) is 162 Å². The zero-order valence-corrected chi connectivity index (χ0v) is 67.6. The third-order valence-electron chi connectivity index (χ3n) is 22.9. The van der Waals surface area contributed by atoms with E-state index in [0.717, 1.165) is 141 Å². The quantitative estimate of drug-likeness (QED) is 0.0910. The molecule has 19 nitrogen and oxygen atoms in total. The van der Waals surface area contributed by atoms with Crippen LogP contribution in [-0.2, 0) is 28.7 Å². The maximum absolute atomic E-state index is 13.6. The summed E-state index contributed by atoms with van der Waals surface area (Å²) in [5, 5.41) is 2.83. The summed E-state index contributed by atoms with van der Waals surface area (Å²) < 4.78 is 5.55. The molecule has 4 aromatic carbocycles. The van der Waals surface area contributed by atoms with Gasteiger partial charge in [-0.15, -0.1) is 0 Å². The first-order chi connectivity index (χ1) is 51.6. The van der Waals surface area contributed by atoms with E-state index >= 15 is 0 Å². The predicted molar refractivity (Wildman–Crippen MR) is 430 cm³/mol. The predicted octanol–water partition coefficient (Wildman–Crippen LogP) is 14.5. The Hall–Kier alpha value is -7.20. The molecule has 2 aromatic heterocycles. The zero-order valence-electron chi connectivity index (χ0n) is 64.6. The Kier molecular flexibility index (Phi) is 29.8. The number of hydrogen-bond donors (Lipinski definition) is 1. The first-order valence-electron chi connectivity index (χ1n) is 38.6. The van der Waals surface area contributed by atoms with Gasteiger partial charge in [0.2, 0.25) is 29.5 Å². The molecule has 2 unspecified atom stereocenters. The van der Waals surface area contributed by atoms with Crippen molar-refractivity contribution in [2.45, 2.75) is 149 Å². The highest BCUT2D eigenvalue weighted by atomic mass is 35.5. The van der Waals surface area contributed by atoms with Crippen LogP contribution in [0, 0.1) is 28.6 Å². The van der Waals surface area contributed by atoms with Crippen LogP contribution in [0.2, 0.25) is 20.1 Å². The van der Waals surface area contributed by atoms with Crippen molar-refractivity contribution in [3.8, 4) is 0 Å². The normalized spacial score (nSPS) is 20.4. The smallest absolute Gasteiger partial charge is 0.314 e. The number of likely N-dealkylation sites (tertiary alicyclic amines) is 3. The molecule has 6 aliphatic heterocycles. The number of piperidine rings is 3. The zero-order chi connectivity index (χ0) is 77.4. The van der Waals surface area contributed by atoms with Crippen LogP contribution in [-0.4, -0.2) is 220 Å². The van der Waals surface area contributed by atoms with E-state index in [1.807, 2.05) is 99.9 Å². The molecule has 12 rings (SSSR count). The SMILES string of the molecule is CC(=O)N1CCC(CC(=O)N2CCN(C(c3ccc(Cl)cc3)c3ccccn3)C[C@@H]2C(C)(C)C)CC1.CC(=O)N1CCC(CC(=O)N2CCN(C(c3ccc(Cl)cc3)c3ccccn3)C[C@@H]2C(C)(C)C)CC1.COC[C@H]1CN(C(c2ccc(Cl)cc2)c2ccc(Cl)cc2)CCN1C(=O)CC1CCN(C(N)=O)CC1. The number of rotatable bonds is 17. The number of pyridine rings is 2. The number of amides is 7. The highest BCUT2D eigenvalue weighted by molar-refractivity contribution is 6.31. The van der Waals surface area contributed by atoms with E-state index in [2.05, 4.69) is 127 Å². The molecule has 0 saturated carbocycles. The van der Waals surface area contributed by atoms with Crippen molar-refractivity contribution in [3.63, 3.8) is 0 Å². The summed E-state index contributed by atoms with van der Waals surface area (Å²) >= 11 is 24.7. The maximum Gasteiger partial charge on any atom is 0.314 e. The van der Waals surface area contributed by atoms with Crippen molar-refractivity contribution in [2.75, 3.05) is 112 Å². The summed E-state index contributed by atoms with van der Waals surface area (Å²) in [4.78, 5) is 104. The molecule has 8 heterocycles. The molecule has 7 amide bonds. The van der Waals surface area contributed by atoms with Crippen molar-refractivity contribution >= 4 is 82.0 Å². The number of halogens is 4. The molecule has 6 saturated heterocycles. The summed E-state index contributed by atoms with van der Waals surface area (Å²) in [6, 6.07) is 43.8. The Bertz CT molecular complexity index is 3670. The lowest BCUT2D eigenvalue weighted by Gasteiger charge is -2.49. The van der Waals surface area contributed by atoms with Gasteiger partial charge >= 0.3 is 6.03 Å². The van der Waals surface area contributed by atoms with E-state index in [-0.39, 0.29) is 88.6 Å². The minimum atomic E-state index is -0.382. The minimum absolute atomic E-state index is 0.00137. The second kappa shape index (κ2) is 38.6. The van der Waals surface area contributed by atoms with Gasteiger partial charge in [-0.25, -0.2) is 4.79 Å². The van der Waals surface area contributed by atoms with Gasteiger partial charge in [0.1, 0.15) is 0 Å². The van der Waals surface area contributed by atoms with Crippen LogP contribution in [0.4, 0.5) is 4.79 Å². The molecule has 582 valence electrons. The number of aromatic nitrogens is 2. The number of nitrogens with zero attached hydrogens (tertiary/aromatic N) is 11. The van der Waals surface area contributed by atoms with Gasteiger partial charge in [-0.1, -0.05) is 149 Å². The van der Waals surface area contributed by atoms with Gasteiger partial charge in [-0.2, -0.15) is 0 Å². The average Bonchev–Trinajstić information content (AvgIpc) is 0.790. The van der Waals surface area contributed by atoms with Gasteiger partial charge in [-0.3, -0.25) is 48.6 Å². The minimum Gasteiger partial charge on any atom is -0.382 e. The third kappa shape index (κ3) is 22.5. The first kappa shape index (κ1) is 83.3. The Balaban J connectivity index is 0.000000173. The Labute approximate surface area is 660 Å². The monoisotopic (exact) mass is 1550 g/mol. The van der Waals surface area contributed by atoms with Crippen LogP contribution < -0.4 is 5.73 Å². The Morgan fingerprint density at radius 3 is 1.02 bits per heavy atom. The lowest BCUT2D eigenvalue weighted by molar-refractivity contribution is -0.142. The van der Waals surface area contributed by atoms with E-state index < -0.39 is 0 Å². The first-order valence-corrected chi connectivity index (χ1v) is 40.1. The number of carbonyl (C=O) groups excluding carboxylic acids is 6. The van der Waals surface area contributed by atoms with Gasteiger partial charge in [0.15, 0.2) is 0 Å². The summed E-state index contributed by atoms with van der Waals surface area (Å²) in [6.07, 6.45) is 10.6. The fourth-order valence-electron chi connectivity index (χ4n) is 16.7. The number of ether oxygens (including phenoxy) is 1. The van der Waals surface area contributed by atoms with Crippen LogP contribution >= 0.6 is 46.4 Å². The third-order valence-corrected chi connectivity index (χ3v) is 23.9. The molecule has 0 aliphatic carbocycles. The number of primary amides is 1. The number of hydrogen-bond acceptors (Lipinski definition) is 12. The molecule has 6 aromatic rings. The molecular formula is C85H112Cl4N12O7. The molecule has 6 fully saturated rings. The fraction of sp³-hybridized carbons (Fsp3) is 0.529. The summed E-state index contributed by atoms with van der Waals surface area (Å²) in [5.74, 6) is 1.88. The summed E-state index contributed by atoms with van der Waals surface area (Å²) in [7, 11) is 1.68. The highest BCUT2D eigenvalue weighted by Gasteiger charge is 2.44. The number of methoxy groups -OCH3 is 1. The molecular weight excluding hydrogens is 1440 g/mol. The van der Waals surface area contributed by atoms with Gasteiger partial charge in [0.25, 0.3) is 0 Å². The van der Waals surface area contributed by atoms with Crippen LogP contribution in [0.25, 0.3) is 0 Å². The van der Waals surface area contributed by atoms with Crippen molar-refractivity contribution in [1.29, 1.82) is 0 Å². The van der Waals surface area contributed by atoms with E-state index in [0.29, 0.717) is 87.0 Å². The number of piperazine rings is 3. The van der Waals surface area contributed by atoms with Crippen molar-refractivity contribution in [1.82, 2.24) is 54.1 Å². The van der Waals surface area contributed by atoms with Gasteiger partial charge < -0.3 is 39.9 Å². The largest absolute Gasteiger partial charge is 0.382 e. The van der Waals surface area contributed by atoms with E-state index in [1.165, 1.54) is 0 Å². The fourth-order valence-corrected chi connectivity index (χ4v) is 17.2. The lowest BCUT2D eigenvalue weighted by Crippen LogP contribution is -2.60. The molecule has 0 radical (unpaired) electrons. The molecule has 5 atom stereocenters. The van der Waals surface area contributed by atoms with E-state index in [9.17, 15) is 28.8 Å². The molecule has 0 spiro atoms. The maximum atomic E-state index is 13.6. The topological polar surface area (TPSA) is 193 Å². The van der Waals surface area contributed by atoms with Crippen LogP contribution in [0.15, 0.2) is 146 Å². The molecule has 2 N–H and O–H groups in total. The molecule has 6 aliphatic rings. The average molecular weight is 1560 g/mol. The summed E-state index contributed by atoms with van der Waals surface area (Å²) in [5.41, 5.74) is 11.9. The second-order valence-electron chi connectivity index (χ2n) is 32.3. The van der Waals surface area contributed by atoms with Crippen molar-refractivity contribution in [3.05, 3.63) is 200 Å². The van der Waals surface area contributed by atoms with Crippen LogP contribution in [0.1, 0.15) is 165 Å². The molecule has 108 heavy (non-hydrogen) atoms. The van der Waals surface area contributed by atoms with E-state index in [4.69, 9.17) is 66.8 Å². The molecule has 23 heteroatoms. The van der Waals surface area contributed by atoms with E-state index in [1.54, 1.807) is 25.9 Å². The standard InChI is InChI=1S/2C29H39ClN4O2.C27H34Cl2N4O3/c2*1-21(35)32-15-12-22(13-16-32)19-27(36)34-18-17-33(20-26(34)29(2,3)4)28(25-7-5-6-14-31-25)23-8-10-24(30)11-9-23;1-36-18-24-17-32(14-15-33(24)25(34)16-19-10-12-31(13-11-19)27(30)35)26(20-2-6-22(28)7-3-20)21-4-8-23(29)9-5-21/h2*5-11,14,22,26,28H,12-13,15-20H2,1-4H3;2-9,19,24,26H,10-18H2,1H3,(H2,30,35)/t2*26-,28?;24-/m111/s1. The molecule has 0 bridgehead atoms. The lowest BCUT2D eigenvalue weighted by atomic mass is 9.82. The van der Waals surface area contributed by atoms with Crippen molar-refractivity contribution < 1.29 is 33.5 Å². The Morgan fingerprint density at radius 1 is 0.417 bits per heavy atom. The number of benzene rings is 4. The second-order valence-corrected chi connectivity index (χ2v) is 34.1. The Morgan fingerprint density at radius 2 is 0.722 bits per heavy atom. The van der Waals surface area contributed by atoms with Crippen molar-refractivity contribution in [2.24, 2.45) is 34.3 Å².